The zero-order chi connectivity index (χ0) is 10.8. The van der Waals surface area contributed by atoms with E-state index in [0.717, 1.165) is 25.1 Å². The Morgan fingerprint density at radius 2 is 2.14 bits per heavy atom. The minimum absolute atomic E-state index is 0.103. The SMILES string of the molecule is CCCNC(=O)CNC(CC)CSC. The van der Waals surface area contributed by atoms with E-state index in [1.54, 1.807) is 0 Å². The fourth-order valence-electron chi connectivity index (χ4n) is 1.09. The summed E-state index contributed by atoms with van der Waals surface area (Å²) < 4.78 is 0. The van der Waals surface area contributed by atoms with Crippen molar-refractivity contribution in [2.75, 3.05) is 25.1 Å². The summed E-state index contributed by atoms with van der Waals surface area (Å²) >= 11 is 1.81. The van der Waals surface area contributed by atoms with Gasteiger partial charge in [-0.05, 0) is 19.1 Å². The van der Waals surface area contributed by atoms with Crippen LogP contribution in [0.3, 0.4) is 0 Å². The van der Waals surface area contributed by atoms with Crippen molar-refractivity contribution >= 4 is 17.7 Å². The summed E-state index contributed by atoms with van der Waals surface area (Å²) in [7, 11) is 0. The molecule has 2 N–H and O–H groups in total. The third kappa shape index (κ3) is 7.21. The van der Waals surface area contributed by atoms with Gasteiger partial charge in [-0.15, -0.1) is 0 Å². The molecule has 0 bridgehead atoms. The molecule has 4 heteroatoms. The van der Waals surface area contributed by atoms with Gasteiger partial charge in [-0.1, -0.05) is 13.8 Å². The van der Waals surface area contributed by atoms with Crippen LogP contribution in [0.5, 0.6) is 0 Å². The molecule has 0 aliphatic rings. The average Bonchev–Trinajstić information content (AvgIpc) is 2.21. The van der Waals surface area contributed by atoms with Gasteiger partial charge in [0.1, 0.15) is 0 Å². The van der Waals surface area contributed by atoms with Crippen LogP contribution in [0.25, 0.3) is 0 Å². The molecular formula is C10H22N2OS. The lowest BCUT2D eigenvalue weighted by molar-refractivity contribution is -0.120. The van der Waals surface area contributed by atoms with E-state index >= 15 is 0 Å². The highest BCUT2D eigenvalue weighted by Gasteiger charge is 2.06. The zero-order valence-electron chi connectivity index (χ0n) is 9.43. The molecule has 0 aromatic rings. The van der Waals surface area contributed by atoms with Gasteiger partial charge in [0.05, 0.1) is 6.54 Å². The van der Waals surface area contributed by atoms with Crippen molar-refractivity contribution in [3.8, 4) is 0 Å². The molecule has 1 unspecified atom stereocenters. The van der Waals surface area contributed by atoms with Crippen LogP contribution in [0.1, 0.15) is 26.7 Å². The van der Waals surface area contributed by atoms with Gasteiger partial charge < -0.3 is 10.6 Å². The largest absolute Gasteiger partial charge is 0.355 e. The van der Waals surface area contributed by atoms with Crippen LogP contribution >= 0.6 is 11.8 Å². The summed E-state index contributed by atoms with van der Waals surface area (Å²) in [4.78, 5) is 11.2. The molecular weight excluding hydrogens is 196 g/mol. The number of nitrogens with one attached hydrogen (secondary N) is 2. The number of carbonyl (C=O) groups excluding carboxylic acids is 1. The molecule has 84 valence electrons. The van der Waals surface area contributed by atoms with Gasteiger partial charge in [0.2, 0.25) is 5.91 Å². The second-order valence-electron chi connectivity index (χ2n) is 3.29. The van der Waals surface area contributed by atoms with Crippen molar-refractivity contribution < 1.29 is 4.79 Å². The molecule has 0 aromatic heterocycles. The van der Waals surface area contributed by atoms with Crippen LogP contribution in [0.2, 0.25) is 0 Å². The maximum atomic E-state index is 11.2. The molecule has 1 atom stereocenters. The number of amides is 1. The fourth-order valence-corrected chi connectivity index (χ4v) is 1.84. The first kappa shape index (κ1) is 13.8. The lowest BCUT2D eigenvalue weighted by Gasteiger charge is -2.15. The van der Waals surface area contributed by atoms with E-state index in [9.17, 15) is 4.79 Å². The van der Waals surface area contributed by atoms with Crippen molar-refractivity contribution in [3.63, 3.8) is 0 Å². The number of hydrogen-bond acceptors (Lipinski definition) is 3. The predicted molar refractivity (Wildman–Crippen MR) is 63.8 cm³/mol. The zero-order valence-corrected chi connectivity index (χ0v) is 10.2. The Bertz CT molecular complexity index is 153. The second kappa shape index (κ2) is 9.34. The van der Waals surface area contributed by atoms with Crippen LogP contribution in [-0.4, -0.2) is 37.0 Å². The summed E-state index contributed by atoms with van der Waals surface area (Å²) in [6.07, 6.45) is 4.15. The van der Waals surface area contributed by atoms with Crippen molar-refractivity contribution in [3.05, 3.63) is 0 Å². The topological polar surface area (TPSA) is 41.1 Å². The first-order valence-electron chi connectivity index (χ1n) is 5.23. The molecule has 14 heavy (non-hydrogen) atoms. The van der Waals surface area contributed by atoms with E-state index in [4.69, 9.17) is 0 Å². The Balaban J connectivity index is 3.52. The van der Waals surface area contributed by atoms with Crippen molar-refractivity contribution in [2.45, 2.75) is 32.7 Å². The maximum Gasteiger partial charge on any atom is 0.233 e. The van der Waals surface area contributed by atoms with E-state index in [1.165, 1.54) is 0 Å². The third-order valence-corrected chi connectivity index (χ3v) is 2.72. The van der Waals surface area contributed by atoms with Crippen molar-refractivity contribution in [2.24, 2.45) is 0 Å². The lowest BCUT2D eigenvalue weighted by Crippen LogP contribution is -2.40. The Morgan fingerprint density at radius 3 is 2.64 bits per heavy atom. The minimum atomic E-state index is 0.103. The highest BCUT2D eigenvalue weighted by molar-refractivity contribution is 7.98. The quantitative estimate of drug-likeness (QED) is 0.644. The maximum absolute atomic E-state index is 11.2. The van der Waals surface area contributed by atoms with E-state index in [2.05, 4.69) is 30.7 Å². The number of hydrogen-bond donors (Lipinski definition) is 2. The molecule has 0 fully saturated rings. The summed E-state index contributed by atoms with van der Waals surface area (Å²) in [6, 6.07) is 0.456. The highest BCUT2D eigenvalue weighted by Crippen LogP contribution is 2.00. The first-order chi connectivity index (χ1) is 6.74. The normalized spacial score (nSPS) is 12.5. The molecule has 1 amide bonds. The Kier molecular flexibility index (Phi) is 9.19. The highest BCUT2D eigenvalue weighted by atomic mass is 32.2. The number of carbonyl (C=O) groups is 1. The van der Waals surface area contributed by atoms with Crippen LogP contribution in [0.4, 0.5) is 0 Å². The second-order valence-corrected chi connectivity index (χ2v) is 4.20. The van der Waals surface area contributed by atoms with E-state index in [-0.39, 0.29) is 5.91 Å². The average molecular weight is 218 g/mol. The first-order valence-corrected chi connectivity index (χ1v) is 6.62. The molecule has 0 saturated heterocycles. The van der Waals surface area contributed by atoms with Gasteiger partial charge in [0, 0.05) is 18.3 Å². The predicted octanol–water partition coefficient (Wildman–Crippen LogP) is 1.24. The Hall–Kier alpha value is -0.220. The summed E-state index contributed by atoms with van der Waals surface area (Å²) in [6.45, 7) is 5.41. The third-order valence-electron chi connectivity index (χ3n) is 1.98. The minimum Gasteiger partial charge on any atom is -0.355 e. The van der Waals surface area contributed by atoms with Gasteiger partial charge in [0.15, 0.2) is 0 Å². The lowest BCUT2D eigenvalue weighted by atomic mass is 10.2. The molecule has 0 radical (unpaired) electrons. The van der Waals surface area contributed by atoms with Gasteiger partial charge >= 0.3 is 0 Å². The van der Waals surface area contributed by atoms with Crippen molar-refractivity contribution in [1.29, 1.82) is 0 Å². The number of thioether (sulfide) groups is 1. The molecule has 0 aliphatic heterocycles. The summed E-state index contributed by atoms with van der Waals surface area (Å²) in [5.41, 5.74) is 0. The fraction of sp³-hybridized carbons (Fsp3) is 0.900. The summed E-state index contributed by atoms with van der Waals surface area (Å²) in [5, 5.41) is 6.09. The molecule has 0 rings (SSSR count). The Morgan fingerprint density at radius 1 is 1.43 bits per heavy atom. The van der Waals surface area contributed by atoms with Crippen LogP contribution in [0, 0.1) is 0 Å². The van der Waals surface area contributed by atoms with Gasteiger partial charge in [-0.25, -0.2) is 0 Å². The molecule has 0 saturated carbocycles. The van der Waals surface area contributed by atoms with Crippen LogP contribution in [0.15, 0.2) is 0 Å². The standard InChI is InChI=1S/C10H22N2OS/c1-4-6-11-10(13)7-12-9(5-2)8-14-3/h9,12H,4-8H2,1-3H3,(H,11,13). The molecule has 0 aliphatic carbocycles. The van der Waals surface area contributed by atoms with Gasteiger partial charge in [0.25, 0.3) is 0 Å². The smallest absolute Gasteiger partial charge is 0.233 e. The van der Waals surface area contributed by atoms with E-state index < -0.39 is 0 Å². The van der Waals surface area contributed by atoms with Gasteiger partial charge in [-0.3, -0.25) is 4.79 Å². The van der Waals surface area contributed by atoms with Crippen LogP contribution in [-0.2, 0) is 4.79 Å². The summed E-state index contributed by atoms with van der Waals surface area (Å²) in [5.74, 6) is 1.17. The molecule has 0 heterocycles. The monoisotopic (exact) mass is 218 g/mol. The van der Waals surface area contributed by atoms with Gasteiger partial charge in [-0.2, -0.15) is 11.8 Å². The molecule has 3 nitrogen and oxygen atoms in total. The number of rotatable bonds is 8. The van der Waals surface area contributed by atoms with E-state index in [0.29, 0.717) is 12.6 Å². The van der Waals surface area contributed by atoms with Crippen molar-refractivity contribution in [1.82, 2.24) is 10.6 Å². The Labute approximate surface area is 91.4 Å². The molecule has 0 spiro atoms. The molecule has 0 aromatic carbocycles. The van der Waals surface area contributed by atoms with E-state index in [1.807, 2.05) is 11.8 Å². The van der Waals surface area contributed by atoms with Crippen LogP contribution < -0.4 is 10.6 Å².